The first-order valence-electron chi connectivity index (χ1n) is 6.15. The Morgan fingerprint density at radius 1 is 1.16 bits per heavy atom. The van der Waals surface area contributed by atoms with Gasteiger partial charge in [0, 0.05) is 0 Å². The molecule has 0 saturated carbocycles. The Morgan fingerprint density at radius 3 is 2.53 bits per heavy atom. The Bertz CT molecular complexity index is 584. The summed E-state index contributed by atoms with van der Waals surface area (Å²) in [6.07, 6.45) is -0.732. The zero-order valence-electron chi connectivity index (χ0n) is 10.7. The van der Waals surface area contributed by atoms with Crippen LogP contribution in [0.15, 0.2) is 48.5 Å². The van der Waals surface area contributed by atoms with Gasteiger partial charge in [0.05, 0.1) is 18.2 Å². The van der Waals surface area contributed by atoms with Crippen LogP contribution in [0.3, 0.4) is 0 Å². The van der Waals surface area contributed by atoms with Gasteiger partial charge in [-0.25, -0.2) is 0 Å². The van der Waals surface area contributed by atoms with Crippen LogP contribution in [0, 0.1) is 11.3 Å². The summed E-state index contributed by atoms with van der Waals surface area (Å²) in [4.78, 5) is 0. The molecule has 0 fully saturated rings. The quantitative estimate of drug-likeness (QED) is 0.911. The van der Waals surface area contributed by atoms with Crippen molar-refractivity contribution < 1.29 is 9.84 Å². The predicted octanol–water partition coefficient (Wildman–Crippen LogP) is 3.04. The van der Waals surface area contributed by atoms with E-state index in [0.717, 1.165) is 11.3 Å². The molecule has 19 heavy (non-hydrogen) atoms. The van der Waals surface area contributed by atoms with Crippen LogP contribution in [0.4, 0.5) is 0 Å². The highest BCUT2D eigenvalue weighted by Crippen LogP contribution is 2.24. The first-order valence-corrected chi connectivity index (χ1v) is 6.15. The molecule has 2 aromatic carbocycles. The minimum atomic E-state index is -0.732. The molecule has 0 radical (unpaired) electrons. The maximum atomic E-state index is 10.3. The zero-order chi connectivity index (χ0) is 13.7. The van der Waals surface area contributed by atoms with Gasteiger partial charge < -0.3 is 9.84 Å². The van der Waals surface area contributed by atoms with E-state index in [1.807, 2.05) is 37.3 Å². The second-order valence-electron chi connectivity index (χ2n) is 4.14. The SMILES string of the molecule is CCOc1ccc(C(O)c2cccc(C#N)c2)cc1. The van der Waals surface area contributed by atoms with Crippen molar-refractivity contribution in [3.63, 3.8) is 0 Å². The molecule has 0 bridgehead atoms. The molecule has 0 amide bonds. The maximum Gasteiger partial charge on any atom is 0.119 e. The highest BCUT2D eigenvalue weighted by atomic mass is 16.5. The molecule has 1 N–H and O–H groups in total. The normalized spacial score (nSPS) is 11.6. The molecule has 2 aromatic rings. The smallest absolute Gasteiger partial charge is 0.119 e. The minimum Gasteiger partial charge on any atom is -0.494 e. The number of nitrogens with zero attached hydrogens (tertiary/aromatic N) is 1. The molecule has 1 unspecified atom stereocenters. The number of aliphatic hydroxyl groups is 1. The third-order valence-corrected chi connectivity index (χ3v) is 2.84. The second-order valence-corrected chi connectivity index (χ2v) is 4.14. The molecule has 3 heteroatoms. The number of benzene rings is 2. The standard InChI is InChI=1S/C16H15NO2/c1-2-19-15-8-6-13(7-9-15)16(18)14-5-3-4-12(10-14)11-17/h3-10,16,18H,2H2,1H3. The monoisotopic (exact) mass is 253 g/mol. The highest BCUT2D eigenvalue weighted by Gasteiger charge is 2.10. The van der Waals surface area contributed by atoms with Gasteiger partial charge in [-0.2, -0.15) is 5.26 Å². The summed E-state index contributed by atoms with van der Waals surface area (Å²) in [6.45, 7) is 2.54. The Hall–Kier alpha value is -2.31. The van der Waals surface area contributed by atoms with Gasteiger partial charge in [0.2, 0.25) is 0 Å². The Balaban J connectivity index is 2.23. The lowest BCUT2D eigenvalue weighted by molar-refractivity contribution is 0.220. The Labute approximate surface area is 112 Å². The van der Waals surface area contributed by atoms with E-state index in [0.29, 0.717) is 17.7 Å². The van der Waals surface area contributed by atoms with Crippen molar-refractivity contribution in [1.82, 2.24) is 0 Å². The maximum absolute atomic E-state index is 10.3. The lowest BCUT2D eigenvalue weighted by Gasteiger charge is -2.12. The molecule has 0 aliphatic rings. The van der Waals surface area contributed by atoms with Crippen molar-refractivity contribution >= 4 is 0 Å². The summed E-state index contributed by atoms with van der Waals surface area (Å²) in [6, 6.07) is 16.4. The molecule has 0 spiro atoms. The largest absolute Gasteiger partial charge is 0.494 e. The molecule has 3 nitrogen and oxygen atoms in total. The fourth-order valence-electron chi connectivity index (χ4n) is 1.88. The van der Waals surface area contributed by atoms with Crippen LogP contribution < -0.4 is 4.74 Å². The third-order valence-electron chi connectivity index (χ3n) is 2.84. The highest BCUT2D eigenvalue weighted by molar-refractivity contribution is 5.38. The van der Waals surface area contributed by atoms with Crippen LogP contribution in [0.1, 0.15) is 29.7 Å². The van der Waals surface area contributed by atoms with E-state index in [4.69, 9.17) is 10.00 Å². The van der Waals surface area contributed by atoms with E-state index < -0.39 is 6.10 Å². The third kappa shape index (κ3) is 3.12. The number of ether oxygens (including phenoxy) is 1. The Kier molecular flexibility index (Phi) is 4.17. The summed E-state index contributed by atoms with van der Waals surface area (Å²) in [5, 5.41) is 19.1. The molecule has 1 atom stereocenters. The van der Waals surface area contributed by atoms with Gasteiger partial charge in [-0.05, 0) is 42.3 Å². The zero-order valence-corrected chi connectivity index (χ0v) is 10.7. The van der Waals surface area contributed by atoms with E-state index in [2.05, 4.69) is 6.07 Å². The molecule has 0 aromatic heterocycles. The molecule has 2 rings (SSSR count). The van der Waals surface area contributed by atoms with E-state index in [-0.39, 0.29) is 0 Å². The lowest BCUT2D eigenvalue weighted by atomic mass is 10.00. The fraction of sp³-hybridized carbons (Fsp3) is 0.188. The number of aliphatic hydroxyl groups excluding tert-OH is 1. The van der Waals surface area contributed by atoms with Crippen molar-refractivity contribution in [2.75, 3.05) is 6.61 Å². The van der Waals surface area contributed by atoms with Crippen molar-refractivity contribution in [3.05, 3.63) is 65.2 Å². The summed E-state index contributed by atoms with van der Waals surface area (Å²) in [5.41, 5.74) is 2.03. The lowest BCUT2D eigenvalue weighted by Crippen LogP contribution is -2.00. The molecule has 0 aliphatic heterocycles. The van der Waals surface area contributed by atoms with E-state index in [1.165, 1.54) is 0 Å². The predicted molar refractivity (Wildman–Crippen MR) is 72.8 cm³/mol. The summed E-state index contributed by atoms with van der Waals surface area (Å²) >= 11 is 0. The van der Waals surface area contributed by atoms with Crippen LogP contribution in [0.2, 0.25) is 0 Å². The number of rotatable bonds is 4. The van der Waals surface area contributed by atoms with Crippen molar-refractivity contribution in [3.8, 4) is 11.8 Å². The van der Waals surface area contributed by atoms with E-state index in [9.17, 15) is 5.11 Å². The van der Waals surface area contributed by atoms with Gasteiger partial charge in [0.15, 0.2) is 0 Å². The van der Waals surface area contributed by atoms with Gasteiger partial charge in [-0.1, -0.05) is 24.3 Å². The fourth-order valence-corrected chi connectivity index (χ4v) is 1.88. The average Bonchev–Trinajstić information content (AvgIpc) is 2.48. The van der Waals surface area contributed by atoms with E-state index in [1.54, 1.807) is 18.2 Å². The summed E-state index contributed by atoms with van der Waals surface area (Å²) < 4.78 is 5.36. The number of nitriles is 1. The Morgan fingerprint density at radius 2 is 1.89 bits per heavy atom. The number of hydrogen-bond donors (Lipinski definition) is 1. The first kappa shape index (κ1) is 13.1. The molecule has 0 aliphatic carbocycles. The average molecular weight is 253 g/mol. The topological polar surface area (TPSA) is 53.2 Å². The molecular formula is C16H15NO2. The number of hydrogen-bond acceptors (Lipinski definition) is 3. The van der Waals surface area contributed by atoms with Crippen LogP contribution in [-0.2, 0) is 0 Å². The minimum absolute atomic E-state index is 0.544. The van der Waals surface area contributed by atoms with Gasteiger partial charge in [0.1, 0.15) is 11.9 Å². The second kappa shape index (κ2) is 6.03. The molecule has 0 saturated heterocycles. The molecular weight excluding hydrogens is 238 g/mol. The van der Waals surface area contributed by atoms with Crippen molar-refractivity contribution in [2.45, 2.75) is 13.0 Å². The molecule has 96 valence electrons. The molecule has 0 heterocycles. The van der Waals surface area contributed by atoms with Gasteiger partial charge in [-0.3, -0.25) is 0 Å². The van der Waals surface area contributed by atoms with Crippen LogP contribution in [0.5, 0.6) is 5.75 Å². The van der Waals surface area contributed by atoms with E-state index >= 15 is 0 Å². The van der Waals surface area contributed by atoms with Crippen LogP contribution >= 0.6 is 0 Å². The van der Waals surface area contributed by atoms with Gasteiger partial charge in [0.25, 0.3) is 0 Å². The van der Waals surface area contributed by atoms with Crippen molar-refractivity contribution in [1.29, 1.82) is 5.26 Å². The summed E-state index contributed by atoms with van der Waals surface area (Å²) in [7, 11) is 0. The van der Waals surface area contributed by atoms with Gasteiger partial charge >= 0.3 is 0 Å². The summed E-state index contributed by atoms with van der Waals surface area (Å²) in [5.74, 6) is 0.782. The van der Waals surface area contributed by atoms with Crippen LogP contribution in [0.25, 0.3) is 0 Å². The first-order chi connectivity index (χ1) is 9.24. The van der Waals surface area contributed by atoms with Crippen LogP contribution in [-0.4, -0.2) is 11.7 Å². The van der Waals surface area contributed by atoms with Crippen molar-refractivity contribution in [2.24, 2.45) is 0 Å². The van der Waals surface area contributed by atoms with Gasteiger partial charge in [-0.15, -0.1) is 0 Å².